The van der Waals surface area contributed by atoms with Gasteiger partial charge in [0, 0.05) is 53.5 Å². The number of amides is 5. The van der Waals surface area contributed by atoms with Gasteiger partial charge in [-0.3, -0.25) is 14.4 Å². The Hall–Kier alpha value is -17.4. The molecule has 0 bridgehead atoms. The van der Waals surface area contributed by atoms with Gasteiger partial charge in [0.1, 0.15) is 51.8 Å². The van der Waals surface area contributed by atoms with Gasteiger partial charge in [0.25, 0.3) is 17.7 Å². The lowest BCUT2D eigenvalue weighted by atomic mass is 9.74. The van der Waals surface area contributed by atoms with Crippen LogP contribution in [0.25, 0.3) is 71.7 Å². The molecule has 3 unspecified atom stereocenters. The monoisotopic (exact) mass is 1890 g/mol. The lowest BCUT2D eigenvalue weighted by Crippen LogP contribution is -2.78. The number of aromatic hydroxyl groups is 2. The largest absolute Gasteiger partial charge is 0.507 e. The van der Waals surface area contributed by atoms with E-state index in [9.17, 15) is 63.6 Å². The second kappa shape index (κ2) is 48.2. The van der Waals surface area contributed by atoms with Gasteiger partial charge in [-0.25, -0.2) is 28.8 Å². The molecule has 3 aliphatic rings. The first-order chi connectivity index (χ1) is 67.7. The van der Waals surface area contributed by atoms with E-state index in [1.807, 2.05) is 146 Å². The number of phenolic OH excluding ortho intramolecular Hbond substituents is 2. The molecular weight excluding hydrogens is 1790 g/mol. The van der Waals surface area contributed by atoms with Crippen molar-refractivity contribution in [3.8, 4) is 45.3 Å². The Morgan fingerprint density at radius 3 is 1.42 bits per heavy atom. The summed E-state index contributed by atoms with van der Waals surface area (Å²) in [5.41, 5.74) is 9.10. The van der Waals surface area contributed by atoms with Crippen LogP contribution in [0.2, 0.25) is 5.02 Å². The van der Waals surface area contributed by atoms with Crippen molar-refractivity contribution in [2.45, 2.75) is 37.5 Å². The maximum Gasteiger partial charge on any atom is 0.347 e. The molecule has 18 rings (SSSR count). The number of nitrogens with one attached hydrogen (secondary N) is 4. The molecule has 5 amide bonds. The van der Waals surface area contributed by atoms with E-state index in [0.29, 0.717) is 40.3 Å². The molecule has 1 aliphatic carbocycles. The van der Waals surface area contributed by atoms with Crippen molar-refractivity contribution in [3.05, 3.63) is 420 Å². The average molecular weight is 1890 g/mol. The van der Waals surface area contributed by atoms with Crippen LogP contribution in [0.4, 0.5) is 21.9 Å². The summed E-state index contributed by atoms with van der Waals surface area (Å²) in [6, 6.07) is 107. The number of nitrogens with zero attached hydrogens (tertiary/aromatic N) is 2. The average Bonchev–Trinajstić information content (AvgIpc) is 0.728. The fourth-order valence-corrected chi connectivity index (χ4v) is 15.9. The van der Waals surface area contributed by atoms with Crippen molar-refractivity contribution in [1.29, 1.82) is 0 Å². The highest BCUT2D eigenvalue weighted by Crippen LogP contribution is 2.45. The van der Waals surface area contributed by atoms with Gasteiger partial charge in [-0.05, 0) is 203 Å². The zero-order valence-electron chi connectivity index (χ0n) is 77.3. The summed E-state index contributed by atoms with van der Waals surface area (Å²) in [7, 11) is 9.32. The lowest BCUT2D eigenvalue weighted by Gasteiger charge is -2.57. The number of urea groups is 1. The molecule has 708 valence electrons. The SMILES string of the molecule is CN(C)CCCN1C(=O)NC12CCC1C=C(c3ccccc3)C(=O)OC1C2.COC(=O)c1cc(NC(=O)/C=C(/O)c2ccccc2)cc(C(=O)OC)c1.COC(=O)c1ccc(Cl)c(NC(=O)/C=C(/O)c2ccccc2)c1.COc1ccc(NC(=O)c2cc3ccccc3cc2O)cc1.O=C(Oc1ccc2ccccc2c1)c1cc2ccccc2cc1O.c1ccc(-c2cccc(-c3ccccc3)c2)cc1. The summed E-state index contributed by atoms with van der Waals surface area (Å²) in [5, 5.41) is 56.8. The Morgan fingerprint density at radius 1 is 0.450 bits per heavy atom. The number of halogens is 1. The van der Waals surface area contributed by atoms with Crippen LogP contribution in [0.1, 0.15) is 94.2 Å². The second-order valence-corrected chi connectivity index (χ2v) is 33.0. The minimum absolute atomic E-state index is 0.00476. The molecule has 1 saturated carbocycles. The Labute approximate surface area is 813 Å². The molecule has 25 nitrogen and oxygen atoms in total. The summed E-state index contributed by atoms with van der Waals surface area (Å²) >= 11 is 5.99. The first-order valence-corrected chi connectivity index (χ1v) is 44.9. The highest BCUT2D eigenvalue weighted by Gasteiger charge is 2.55. The molecule has 2 fully saturated rings. The lowest BCUT2D eigenvalue weighted by molar-refractivity contribution is -0.153. The van der Waals surface area contributed by atoms with E-state index >= 15 is 0 Å². The summed E-state index contributed by atoms with van der Waals surface area (Å²) < 4.78 is 30.2. The third kappa shape index (κ3) is 26.8. The van der Waals surface area contributed by atoms with Crippen LogP contribution in [0.15, 0.2) is 370 Å². The van der Waals surface area contributed by atoms with Crippen molar-refractivity contribution in [3.63, 3.8) is 0 Å². The Kier molecular flexibility index (Phi) is 34.4. The van der Waals surface area contributed by atoms with Crippen molar-refractivity contribution >= 4 is 132 Å². The zero-order valence-corrected chi connectivity index (χ0v) is 78.1. The molecule has 15 aromatic carbocycles. The van der Waals surface area contributed by atoms with Crippen LogP contribution in [0, 0.1) is 5.92 Å². The standard InChI is InChI=1S/C21H27N3O3.C21H14O3.C19H17NO6.C18H15NO3.C18H14.C17H14ClNO4/c1-23(2)11-6-12-24-20(26)22-21(24)10-9-16-13-17(15-7-4-3-5-8-15)19(25)27-18(16)14-21;22-20-13-17-8-4-3-7-16(17)12-19(20)21(23)24-18-10-9-14-5-1-2-6-15(14)11-18;1-25-18(23)13-8-14(19(24)26-2)10-15(9-13)20-17(22)11-16(21)12-6-4-3-5-7-12;1-22-15-8-6-14(7-9-15)19-18(21)16-10-12-4-2-3-5-13(12)11-17(16)20;1-3-8-15(9-4-1)17-12-7-13-18(14-17)16-10-5-2-6-11-16;1-23-17(22)12-7-8-13(18)14(9-12)19-16(21)10-15(20)11-5-3-2-4-6-11/h3-5,7-8,13,16,18H,6,9-12,14H2,1-2H3,(H,22,26);1-13,22H;3-11,21H,1-2H3,(H,20,22);2-11,20H,1H3,(H,19,21);1-14H;2-10,20H,1H3,(H,19,21)/b;;16-11+;;;15-10+. The van der Waals surface area contributed by atoms with Gasteiger partial charge in [0.15, 0.2) is 0 Å². The van der Waals surface area contributed by atoms with Crippen LogP contribution >= 0.6 is 11.6 Å². The van der Waals surface area contributed by atoms with E-state index in [0.717, 1.165) is 82.4 Å². The molecule has 2 heterocycles. The number of esters is 5. The number of ether oxygens (including phenoxy) is 6. The first-order valence-electron chi connectivity index (χ1n) is 44.5. The fourth-order valence-electron chi connectivity index (χ4n) is 15.7. The van der Waals surface area contributed by atoms with Crippen LogP contribution in [-0.4, -0.2) is 151 Å². The van der Waals surface area contributed by atoms with Crippen LogP contribution in [-0.2, 0) is 33.3 Å². The van der Waals surface area contributed by atoms with Gasteiger partial charge in [0.2, 0.25) is 0 Å². The number of aliphatic hydroxyl groups excluding tert-OH is 2. The van der Waals surface area contributed by atoms with Crippen LogP contribution in [0.5, 0.6) is 23.0 Å². The van der Waals surface area contributed by atoms with Crippen molar-refractivity contribution < 1.29 is 92.0 Å². The summed E-state index contributed by atoms with van der Waals surface area (Å²) in [6.07, 6.45) is 7.33. The Bertz CT molecular complexity index is 6980. The summed E-state index contributed by atoms with van der Waals surface area (Å²) in [4.78, 5) is 113. The van der Waals surface area contributed by atoms with E-state index < -0.39 is 35.7 Å². The predicted octanol–water partition coefficient (Wildman–Crippen LogP) is 22.7. The minimum atomic E-state index is -0.672. The van der Waals surface area contributed by atoms with E-state index in [1.165, 1.54) is 80.0 Å². The smallest absolute Gasteiger partial charge is 0.347 e. The number of hydrogen-bond acceptors (Lipinski definition) is 20. The van der Waals surface area contributed by atoms with Gasteiger partial charge >= 0.3 is 35.9 Å². The summed E-state index contributed by atoms with van der Waals surface area (Å²) in [5.74, 6) is -3.43. The number of aliphatic hydroxyl groups is 2. The molecular formula is C114H101ClN6O19. The number of carbonyl (C=O) groups is 9. The van der Waals surface area contributed by atoms with Gasteiger partial charge in [-0.2, -0.15) is 0 Å². The molecule has 1 saturated heterocycles. The highest BCUT2D eigenvalue weighted by molar-refractivity contribution is 6.34. The van der Waals surface area contributed by atoms with Crippen LogP contribution < -0.4 is 30.7 Å². The van der Waals surface area contributed by atoms with Gasteiger partial charge < -0.3 is 79.9 Å². The molecule has 0 radical (unpaired) electrons. The molecule has 1 spiro atoms. The number of methoxy groups -OCH3 is 4. The number of anilines is 3. The summed E-state index contributed by atoms with van der Waals surface area (Å²) in [6.45, 7) is 1.69. The number of hydrogen-bond donors (Lipinski definition) is 8. The van der Waals surface area contributed by atoms with Crippen molar-refractivity contribution in [1.82, 2.24) is 15.1 Å². The maximum absolute atomic E-state index is 12.6. The predicted molar refractivity (Wildman–Crippen MR) is 544 cm³/mol. The number of phenols is 2. The number of carbonyl (C=O) groups excluding carboxylic acids is 9. The Morgan fingerprint density at radius 2 is 0.907 bits per heavy atom. The first kappa shape index (κ1) is 100. The molecule has 3 atom stereocenters. The third-order valence-electron chi connectivity index (χ3n) is 22.9. The molecule has 0 aromatic heterocycles. The van der Waals surface area contributed by atoms with Gasteiger partial charge in [-0.1, -0.05) is 266 Å². The minimum Gasteiger partial charge on any atom is -0.507 e. The third-order valence-corrected chi connectivity index (χ3v) is 23.2. The zero-order chi connectivity index (χ0) is 99.2. The second-order valence-electron chi connectivity index (χ2n) is 32.6. The quantitative estimate of drug-likeness (QED) is 0.0109. The van der Waals surface area contributed by atoms with E-state index in [2.05, 4.69) is 119 Å². The van der Waals surface area contributed by atoms with Crippen LogP contribution in [0.3, 0.4) is 0 Å². The van der Waals surface area contributed by atoms with E-state index in [1.54, 1.807) is 122 Å². The molecule has 140 heavy (non-hydrogen) atoms. The molecule has 8 N–H and O–H groups in total. The normalized spacial score (nSPS) is 14.3. The van der Waals surface area contributed by atoms with E-state index in [-0.39, 0.29) is 103 Å². The molecule has 15 aromatic rings. The maximum atomic E-state index is 12.6. The number of rotatable bonds is 21. The topological polar surface area (TPSA) is 345 Å². The van der Waals surface area contributed by atoms with E-state index in [4.69, 9.17) is 25.8 Å². The van der Waals surface area contributed by atoms with Gasteiger partial charge in [0.05, 0.1) is 67.0 Å². The highest BCUT2D eigenvalue weighted by atomic mass is 35.5. The fraction of sp³-hybridized carbons (Fsp3) is 0.132. The van der Waals surface area contributed by atoms with Crippen molar-refractivity contribution in [2.75, 3.05) is 71.6 Å². The number of fused-ring (bicyclic) bond motifs is 4. The molecule has 2 aliphatic heterocycles. The Balaban J connectivity index is 0.000000142. The molecule has 26 heteroatoms. The van der Waals surface area contributed by atoms with Gasteiger partial charge in [-0.15, -0.1) is 0 Å². The number of benzene rings is 15. The van der Waals surface area contributed by atoms with Crippen molar-refractivity contribution in [2.24, 2.45) is 5.92 Å².